The number of anilines is 2. The third-order valence-electron chi connectivity index (χ3n) is 3.56. The summed E-state index contributed by atoms with van der Waals surface area (Å²) in [4.78, 5) is 9.99. The van der Waals surface area contributed by atoms with Crippen LogP contribution in [0.15, 0.2) is 18.6 Å². The summed E-state index contributed by atoms with van der Waals surface area (Å²) in [7, 11) is 0. The average Bonchev–Trinajstić information content (AvgIpc) is 2.85. The number of hydrogen-bond donors (Lipinski definition) is 2. The van der Waals surface area contributed by atoms with Gasteiger partial charge in [0.1, 0.15) is 23.8 Å². The molecule has 0 radical (unpaired) electrons. The molecule has 0 spiro atoms. The smallest absolute Gasteiger partial charge is 0.171 e. The zero-order valence-corrected chi connectivity index (χ0v) is 11.5. The van der Waals surface area contributed by atoms with Gasteiger partial charge in [-0.15, -0.1) is 5.10 Å². The molecule has 2 aromatic rings. The van der Waals surface area contributed by atoms with Crippen molar-refractivity contribution < 1.29 is 0 Å². The van der Waals surface area contributed by atoms with E-state index in [0.29, 0.717) is 23.7 Å². The summed E-state index contributed by atoms with van der Waals surface area (Å²) in [5, 5.41) is 13.8. The van der Waals surface area contributed by atoms with E-state index in [1.54, 1.807) is 12.3 Å². The van der Waals surface area contributed by atoms with Crippen molar-refractivity contribution in [2.75, 3.05) is 23.7 Å². The molecule has 0 aromatic carbocycles. The van der Waals surface area contributed by atoms with Gasteiger partial charge in [0.2, 0.25) is 0 Å². The molecule has 3 rings (SSSR count). The van der Waals surface area contributed by atoms with Crippen LogP contribution in [0.5, 0.6) is 0 Å². The first-order valence-corrected chi connectivity index (χ1v) is 6.76. The highest BCUT2D eigenvalue weighted by Crippen LogP contribution is 2.28. The molecular formula is C13H16N8. The van der Waals surface area contributed by atoms with Gasteiger partial charge in [0.15, 0.2) is 11.6 Å². The summed E-state index contributed by atoms with van der Waals surface area (Å²) in [5.41, 5.74) is 12.4. The van der Waals surface area contributed by atoms with E-state index >= 15 is 0 Å². The molecule has 1 unspecified atom stereocenters. The van der Waals surface area contributed by atoms with Gasteiger partial charge in [-0.05, 0) is 12.8 Å². The van der Waals surface area contributed by atoms with E-state index in [1.807, 2.05) is 4.90 Å². The molecule has 1 saturated heterocycles. The third kappa shape index (κ3) is 2.39. The first kappa shape index (κ1) is 13.3. The Hall–Kier alpha value is -2.66. The highest BCUT2D eigenvalue weighted by atomic mass is 15.4. The van der Waals surface area contributed by atoms with E-state index in [-0.39, 0.29) is 11.9 Å². The molecule has 0 bridgehead atoms. The monoisotopic (exact) mass is 284 g/mol. The van der Waals surface area contributed by atoms with Crippen molar-refractivity contribution in [3.8, 4) is 11.9 Å². The second-order valence-corrected chi connectivity index (χ2v) is 5.02. The van der Waals surface area contributed by atoms with Crippen LogP contribution in [-0.2, 0) is 0 Å². The molecule has 0 aliphatic carbocycles. The third-order valence-corrected chi connectivity index (χ3v) is 3.56. The number of rotatable bonds is 2. The molecule has 0 saturated carbocycles. The molecule has 108 valence electrons. The minimum atomic E-state index is 0.0933. The van der Waals surface area contributed by atoms with Crippen LogP contribution in [0.2, 0.25) is 0 Å². The molecule has 21 heavy (non-hydrogen) atoms. The molecule has 8 nitrogen and oxygen atoms in total. The van der Waals surface area contributed by atoms with Crippen molar-refractivity contribution in [1.82, 2.24) is 19.7 Å². The van der Waals surface area contributed by atoms with Crippen LogP contribution >= 0.6 is 0 Å². The Morgan fingerprint density at radius 1 is 1.43 bits per heavy atom. The van der Waals surface area contributed by atoms with E-state index in [1.165, 1.54) is 11.0 Å². The van der Waals surface area contributed by atoms with Crippen LogP contribution in [-0.4, -0.2) is 38.9 Å². The molecule has 1 aliphatic rings. The Morgan fingerprint density at radius 2 is 2.29 bits per heavy atom. The Morgan fingerprint density at radius 3 is 2.95 bits per heavy atom. The molecule has 1 aliphatic heterocycles. The summed E-state index contributed by atoms with van der Waals surface area (Å²) in [6.45, 7) is 1.50. The van der Waals surface area contributed by atoms with Crippen LogP contribution in [0.1, 0.15) is 18.4 Å². The molecular weight excluding hydrogens is 268 g/mol. The quantitative estimate of drug-likeness (QED) is 0.798. The first-order valence-electron chi connectivity index (χ1n) is 6.76. The lowest BCUT2D eigenvalue weighted by atomic mass is 10.1. The van der Waals surface area contributed by atoms with E-state index in [0.717, 1.165) is 19.4 Å². The lowest BCUT2D eigenvalue weighted by Gasteiger charge is -2.30. The van der Waals surface area contributed by atoms with E-state index in [4.69, 9.17) is 11.5 Å². The van der Waals surface area contributed by atoms with Gasteiger partial charge in [-0.2, -0.15) is 9.94 Å². The van der Waals surface area contributed by atoms with Crippen molar-refractivity contribution in [3.63, 3.8) is 0 Å². The van der Waals surface area contributed by atoms with Gasteiger partial charge in [0, 0.05) is 31.4 Å². The number of piperidine rings is 1. The lowest BCUT2D eigenvalue weighted by molar-refractivity contribution is 0.502. The van der Waals surface area contributed by atoms with Crippen LogP contribution in [0, 0.1) is 11.3 Å². The summed E-state index contributed by atoms with van der Waals surface area (Å²) in [5.74, 6) is 1.39. The van der Waals surface area contributed by atoms with Gasteiger partial charge in [-0.3, -0.25) is 0 Å². The van der Waals surface area contributed by atoms with Crippen molar-refractivity contribution in [2.45, 2.75) is 18.9 Å². The molecule has 1 fully saturated rings. The number of nitriles is 1. The molecule has 1 atom stereocenters. The van der Waals surface area contributed by atoms with Crippen LogP contribution in [0.3, 0.4) is 0 Å². The number of nitrogens with two attached hydrogens (primary N) is 2. The first-order chi connectivity index (χ1) is 10.2. The van der Waals surface area contributed by atoms with Gasteiger partial charge in [0.05, 0.1) is 0 Å². The summed E-state index contributed by atoms with van der Waals surface area (Å²) in [6.07, 6.45) is 4.98. The normalized spacial score (nSPS) is 18.5. The Bertz CT molecular complexity index is 671. The Kier molecular flexibility index (Phi) is 3.41. The highest BCUT2D eigenvalue weighted by molar-refractivity contribution is 5.66. The van der Waals surface area contributed by atoms with Gasteiger partial charge >= 0.3 is 0 Å². The Balaban J connectivity index is 2.04. The van der Waals surface area contributed by atoms with Crippen LogP contribution in [0.25, 0.3) is 5.82 Å². The minimum Gasteiger partial charge on any atom is -0.382 e. The summed E-state index contributed by atoms with van der Waals surface area (Å²) < 4.78 is 1.47. The predicted octanol–water partition coefficient (Wildman–Crippen LogP) is 0.0437. The SMILES string of the molecule is N#Cc1c(N2CCCC(N)C2)nn(-c2ccncn2)c1N. The van der Waals surface area contributed by atoms with Crippen molar-refractivity contribution >= 4 is 11.6 Å². The Labute approximate surface area is 122 Å². The minimum absolute atomic E-state index is 0.0933. The fraction of sp³-hybridized carbons (Fsp3) is 0.385. The molecule has 0 amide bonds. The largest absolute Gasteiger partial charge is 0.382 e. The maximum atomic E-state index is 9.38. The number of nitrogen functional groups attached to an aromatic ring is 1. The summed E-state index contributed by atoms with van der Waals surface area (Å²) >= 11 is 0. The topological polar surface area (TPSA) is 123 Å². The van der Waals surface area contributed by atoms with Gasteiger partial charge in [-0.1, -0.05) is 0 Å². The number of hydrogen-bond acceptors (Lipinski definition) is 7. The van der Waals surface area contributed by atoms with E-state index in [2.05, 4.69) is 21.1 Å². The molecule has 4 N–H and O–H groups in total. The fourth-order valence-electron chi connectivity index (χ4n) is 2.53. The molecule has 3 heterocycles. The van der Waals surface area contributed by atoms with Gasteiger partial charge in [-0.25, -0.2) is 9.97 Å². The maximum Gasteiger partial charge on any atom is 0.171 e. The standard InChI is InChI=1S/C13H16N8/c14-6-10-12(16)21(11-3-4-17-8-18-11)19-13(10)20-5-1-2-9(15)7-20/h3-4,8-9H,1-2,5,7,15-16H2. The highest BCUT2D eigenvalue weighted by Gasteiger charge is 2.25. The second-order valence-electron chi connectivity index (χ2n) is 5.02. The number of aromatic nitrogens is 4. The molecule has 8 heteroatoms. The van der Waals surface area contributed by atoms with E-state index < -0.39 is 0 Å². The van der Waals surface area contributed by atoms with Crippen LogP contribution < -0.4 is 16.4 Å². The van der Waals surface area contributed by atoms with Gasteiger partial charge < -0.3 is 16.4 Å². The average molecular weight is 284 g/mol. The van der Waals surface area contributed by atoms with Crippen molar-refractivity contribution in [2.24, 2.45) is 5.73 Å². The second kappa shape index (κ2) is 5.38. The zero-order valence-electron chi connectivity index (χ0n) is 11.5. The van der Waals surface area contributed by atoms with E-state index in [9.17, 15) is 5.26 Å². The zero-order chi connectivity index (χ0) is 14.8. The van der Waals surface area contributed by atoms with Crippen molar-refractivity contribution in [3.05, 3.63) is 24.2 Å². The maximum absolute atomic E-state index is 9.38. The van der Waals surface area contributed by atoms with Gasteiger partial charge in [0.25, 0.3) is 0 Å². The molecule has 2 aromatic heterocycles. The van der Waals surface area contributed by atoms with Crippen molar-refractivity contribution in [1.29, 1.82) is 5.26 Å². The summed E-state index contributed by atoms with van der Waals surface area (Å²) in [6, 6.07) is 3.92. The lowest BCUT2D eigenvalue weighted by Crippen LogP contribution is -2.43. The number of nitrogens with zero attached hydrogens (tertiary/aromatic N) is 6. The fourth-order valence-corrected chi connectivity index (χ4v) is 2.53. The van der Waals surface area contributed by atoms with Crippen LogP contribution in [0.4, 0.5) is 11.6 Å². The predicted molar refractivity (Wildman–Crippen MR) is 77.7 cm³/mol.